The minimum absolute atomic E-state index is 0.436. The van der Waals surface area contributed by atoms with Crippen LogP contribution in [0.2, 0.25) is 0 Å². The number of alkyl halides is 1. The summed E-state index contributed by atoms with van der Waals surface area (Å²) in [6, 6.07) is 12.6. The first-order valence-electron chi connectivity index (χ1n) is 10.7. The average Bonchev–Trinajstić information content (AvgIpc) is 3.00. The molecule has 170 valence electrons. The third-order valence-corrected chi connectivity index (χ3v) is 5.51. The first-order valence-corrected chi connectivity index (χ1v) is 10.7. The quantitative estimate of drug-likeness (QED) is 0.409. The van der Waals surface area contributed by atoms with E-state index in [0.29, 0.717) is 19.8 Å². The molecule has 1 aromatic heterocycles. The Labute approximate surface area is 184 Å². The summed E-state index contributed by atoms with van der Waals surface area (Å²) >= 11 is 0. The molecule has 0 spiro atoms. The van der Waals surface area contributed by atoms with E-state index in [1.165, 1.54) is 0 Å². The molecule has 2 aromatic carbocycles. The topological polar surface area (TPSA) is 35.9 Å². The van der Waals surface area contributed by atoms with E-state index < -0.39 is 17.9 Å². The van der Waals surface area contributed by atoms with Crippen molar-refractivity contribution in [2.75, 3.05) is 39.4 Å². The van der Waals surface area contributed by atoms with Crippen molar-refractivity contribution < 1.29 is 18.6 Å². The maximum atomic E-state index is 13.0. The van der Waals surface area contributed by atoms with Gasteiger partial charge in [-0.1, -0.05) is 0 Å². The van der Waals surface area contributed by atoms with Crippen LogP contribution >= 0.6 is 0 Å². The largest absolute Gasteiger partial charge is 0.488 e. The van der Waals surface area contributed by atoms with Crippen LogP contribution in [0.15, 0.2) is 36.4 Å². The Hall–Kier alpha value is -2.31. The fraction of sp³-hybridized carbons (Fsp3) is 0.520. The first kappa shape index (κ1) is 23.4. The van der Waals surface area contributed by atoms with Gasteiger partial charge in [-0.25, -0.2) is 4.39 Å². The molecule has 0 aliphatic rings. The molecular formula is C25H35FN2O3. The molecule has 1 heterocycles. The molecule has 0 saturated heterocycles. The number of rotatable bonds is 10. The molecule has 0 unspecified atom stereocenters. The molecular weight excluding hydrogens is 395 g/mol. The number of aromatic nitrogens is 1. The Balaban J connectivity index is 1.92. The van der Waals surface area contributed by atoms with Crippen LogP contribution in [0.5, 0.6) is 5.75 Å². The maximum absolute atomic E-state index is 13.0. The minimum Gasteiger partial charge on any atom is -0.488 e. The molecule has 31 heavy (non-hydrogen) atoms. The molecule has 0 aliphatic heterocycles. The average molecular weight is 431 g/mol. The highest BCUT2D eigenvalue weighted by molar-refractivity contribution is 6.09. The maximum Gasteiger partial charge on any atom is 0.123 e. The Morgan fingerprint density at radius 2 is 1.58 bits per heavy atom. The van der Waals surface area contributed by atoms with E-state index in [2.05, 4.69) is 39.8 Å². The number of benzene rings is 2. The van der Waals surface area contributed by atoms with Crippen LogP contribution < -0.4 is 9.64 Å². The van der Waals surface area contributed by atoms with Crippen molar-refractivity contribution in [3.8, 4) is 5.75 Å². The van der Waals surface area contributed by atoms with E-state index in [4.69, 9.17) is 14.2 Å². The lowest BCUT2D eigenvalue weighted by atomic mass is 10.0. The van der Waals surface area contributed by atoms with Gasteiger partial charge in [0.15, 0.2) is 0 Å². The summed E-state index contributed by atoms with van der Waals surface area (Å²) in [5.41, 5.74) is 2.16. The number of halogens is 1. The molecule has 3 rings (SSSR count). The van der Waals surface area contributed by atoms with Gasteiger partial charge in [0, 0.05) is 44.1 Å². The van der Waals surface area contributed by atoms with E-state index in [1.54, 1.807) is 21.0 Å². The molecule has 3 aromatic rings. The number of hydrogen-bond acceptors (Lipinski definition) is 4. The van der Waals surface area contributed by atoms with Gasteiger partial charge in [-0.3, -0.25) is 0 Å². The van der Waals surface area contributed by atoms with Gasteiger partial charge in [0.25, 0.3) is 0 Å². The summed E-state index contributed by atoms with van der Waals surface area (Å²) in [6.07, 6.45) is 0.657. The van der Waals surface area contributed by atoms with Crippen LogP contribution in [-0.2, 0) is 16.2 Å². The van der Waals surface area contributed by atoms with Crippen LogP contribution in [0.4, 0.5) is 10.1 Å². The van der Waals surface area contributed by atoms with Gasteiger partial charge in [0.2, 0.25) is 0 Å². The molecule has 5 nitrogen and oxygen atoms in total. The zero-order valence-electron chi connectivity index (χ0n) is 19.8. The predicted octanol–water partition coefficient (Wildman–Crippen LogP) is 5.78. The van der Waals surface area contributed by atoms with Crippen molar-refractivity contribution in [3.63, 3.8) is 0 Å². The predicted molar refractivity (Wildman–Crippen MR) is 126 cm³/mol. The highest BCUT2D eigenvalue weighted by atomic mass is 19.1. The second kappa shape index (κ2) is 9.05. The van der Waals surface area contributed by atoms with Crippen molar-refractivity contribution in [1.82, 2.24) is 4.57 Å². The number of anilines is 1. The zero-order chi connectivity index (χ0) is 22.8. The normalized spacial score (nSPS) is 12.6. The SMILES string of the molecule is COCn1c2ccc(OC(C)(C)CCOC(C)(C)CF)cc2c2cc(N(C)C)ccc21. The molecule has 0 fully saturated rings. The third-order valence-electron chi connectivity index (χ3n) is 5.51. The van der Waals surface area contributed by atoms with E-state index in [-0.39, 0.29) is 0 Å². The fourth-order valence-electron chi connectivity index (χ4n) is 3.66. The van der Waals surface area contributed by atoms with Crippen LogP contribution in [0.1, 0.15) is 34.1 Å². The van der Waals surface area contributed by atoms with Gasteiger partial charge in [-0.05, 0) is 64.1 Å². The van der Waals surface area contributed by atoms with Gasteiger partial charge in [0.05, 0.1) is 23.2 Å². The van der Waals surface area contributed by atoms with Crippen LogP contribution in [-0.4, -0.2) is 50.3 Å². The lowest BCUT2D eigenvalue weighted by molar-refractivity contribution is -0.0524. The van der Waals surface area contributed by atoms with Gasteiger partial charge in [0.1, 0.15) is 24.8 Å². The molecule has 0 saturated carbocycles. The number of hydrogen-bond donors (Lipinski definition) is 0. The van der Waals surface area contributed by atoms with Crippen molar-refractivity contribution in [3.05, 3.63) is 36.4 Å². The molecule has 0 atom stereocenters. The summed E-state index contributed by atoms with van der Waals surface area (Å²) in [5, 5.41) is 2.29. The van der Waals surface area contributed by atoms with E-state index in [1.807, 2.05) is 34.0 Å². The molecule has 0 N–H and O–H groups in total. The van der Waals surface area contributed by atoms with Gasteiger partial charge < -0.3 is 23.7 Å². The molecule has 0 amide bonds. The molecule has 0 radical (unpaired) electrons. The van der Waals surface area contributed by atoms with Gasteiger partial charge in [-0.15, -0.1) is 0 Å². The molecule has 0 bridgehead atoms. The van der Waals surface area contributed by atoms with E-state index >= 15 is 0 Å². The number of ether oxygens (including phenoxy) is 3. The fourth-order valence-corrected chi connectivity index (χ4v) is 3.66. The lowest BCUT2D eigenvalue weighted by Crippen LogP contribution is -2.33. The lowest BCUT2D eigenvalue weighted by Gasteiger charge is -2.29. The minimum atomic E-state index is -0.762. The number of nitrogens with zero attached hydrogens (tertiary/aromatic N) is 2. The summed E-state index contributed by atoms with van der Waals surface area (Å²) in [7, 11) is 5.79. The Kier molecular flexibility index (Phi) is 6.82. The number of methoxy groups -OCH3 is 1. The van der Waals surface area contributed by atoms with Crippen LogP contribution in [0.3, 0.4) is 0 Å². The summed E-state index contributed by atoms with van der Waals surface area (Å²) in [4.78, 5) is 2.10. The van der Waals surface area contributed by atoms with Crippen molar-refractivity contribution >= 4 is 27.5 Å². The van der Waals surface area contributed by atoms with E-state index in [0.717, 1.165) is 33.2 Å². The first-order chi connectivity index (χ1) is 14.6. The van der Waals surface area contributed by atoms with Crippen LogP contribution in [0.25, 0.3) is 21.8 Å². The Morgan fingerprint density at radius 1 is 0.935 bits per heavy atom. The van der Waals surface area contributed by atoms with Crippen LogP contribution in [0, 0.1) is 0 Å². The Morgan fingerprint density at radius 3 is 2.19 bits per heavy atom. The van der Waals surface area contributed by atoms with Crippen molar-refractivity contribution in [2.45, 2.75) is 52.0 Å². The van der Waals surface area contributed by atoms with Crippen molar-refractivity contribution in [1.29, 1.82) is 0 Å². The number of fused-ring (bicyclic) bond motifs is 3. The third kappa shape index (κ3) is 5.31. The summed E-state index contributed by atoms with van der Waals surface area (Å²) < 4.78 is 32.6. The monoisotopic (exact) mass is 430 g/mol. The van der Waals surface area contributed by atoms with Crippen molar-refractivity contribution in [2.24, 2.45) is 0 Å². The highest BCUT2D eigenvalue weighted by Crippen LogP contribution is 2.35. The molecule has 0 aliphatic carbocycles. The summed E-state index contributed by atoms with van der Waals surface area (Å²) in [5.74, 6) is 0.800. The Bertz CT molecular complexity index is 1040. The second-order valence-corrected chi connectivity index (χ2v) is 9.47. The highest BCUT2D eigenvalue weighted by Gasteiger charge is 2.24. The summed E-state index contributed by atoms with van der Waals surface area (Å²) in [6.45, 7) is 7.98. The zero-order valence-corrected chi connectivity index (χ0v) is 19.8. The second-order valence-electron chi connectivity index (χ2n) is 9.47. The van der Waals surface area contributed by atoms with E-state index in [9.17, 15) is 4.39 Å². The van der Waals surface area contributed by atoms with Gasteiger partial charge >= 0.3 is 0 Å². The smallest absolute Gasteiger partial charge is 0.123 e. The van der Waals surface area contributed by atoms with Gasteiger partial charge in [-0.2, -0.15) is 0 Å². The molecule has 6 heteroatoms. The standard InChI is InChI=1S/C25H35FN2O3/c1-24(2,12-13-30-25(3,4)16-26)31-19-9-11-23-21(15-19)20-14-18(27(5)6)8-10-22(20)28(23)17-29-7/h8-11,14-15H,12-13,16-17H2,1-7H3.